The molecule has 2 aromatic carbocycles. The standard InChI is InChI=1S/C21H26ClFN2O3/c1-5-27-19-11-15(10-17(22)21(19)28-13-20(26)25(3)4)12-24-14(2)16-8-6-7-9-18(16)23/h6-11,14,24H,5,12-13H2,1-4H3. The number of carbonyl (C=O) groups excluding carboxylic acids is 1. The predicted molar refractivity (Wildman–Crippen MR) is 108 cm³/mol. The van der Waals surface area contributed by atoms with E-state index in [9.17, 15) is 9.18 Å². The Morgan fingerprint density at radius 3 is 2.61 bits per heavy atom. The highest BCUT2D eigenvalue weighted by Gasteiger charge is 2.16. The van der Waals surface area contributed by atoms with Gasteiger partial charge in [-0.25, -0.2) is 4.39 Å². The monoisotopic (exact) mass is 408 g/mol. The highest BCUT2D eigenvalue weighted by atomic mass is 35.5. The molecule has 0 bridgehead atoms. The maximum Gasteiger partial charge on any atom is 0.259 e. The molecule has 0 radical (unpaired) electrons. The highest BCUT2D eigenvalue weighted by Crippen LogP contribution is 2.37. The average molecular weight is 409 g/mol. The van der Waals surface area contributed by atoms with E-state index in [0.29, 0.717) is 35.2 Å². The van der Waals surface area contributed by atoms with Crippen molar-refractivity contribution in [3.05, 3.63) is 58.4 Å². The van der Waals surface area contributed by atoms with E-state index in [1.54, 1.807) is 32.3 Å². The summed E-state index contributed by atoms with van der Waals surface area (Å²) in [6.07, 6.45) is 0. The minimum atomic E-state index is -0.246. The number of nitrogens with one attached hydrogen (secondary N) is 1. The molecule has 28 heavy (non-hydrogen) atoms. The first-order valence-electron chi connectivity index (χ1n) is 9.09. The van der Waals surface area contributed by atoms with Crippen molar-refractivity contribution in [2.24, 2.45) is 0 Å². The summed E-state index contributed by atoms with van der Waals surface area (Å²) in [4.78, 5) is 13.2. The largest absolute Gasteiger partial charge is 0.490 e. The number of halogens is 2. The number of nitrogens with zero attached hydrogens (tertiary/aromatic N) is 1. The lowest BCUT2D eigenvalue weighted by Crippen LogP contribution is -2.27. The molecule has 0 aliphatic heterocycles. The van der Waals surface area contributed by atoms with Gasteiger partial charge in [0.05, 0.1) is 11.6 Å². The summed E-state index contributed by atoms with van der Waals surface area (Å²) in [5.74, 6) is 0.384. The fraction of sp³-hybridized carbons (Fsp3) is 0.381. The lowest BCUT2D eigenvalue weighted by molar-refractivity contribution is -0.130. The van der Waals surface area contributed by atoms with Crippen molar-refractivity contribution in [2.75, 3.05) is 27.3 Å². The maximum atomic E-state index is 13.9. The molecule has 1 atom stereocenters. The predicted octanol–water partition coefficient (Wildman–Crippen LogP) is 4.20. The molecule has 1 N–H and O–H groups in total. The summed E-state index contributed by atoms with van der Waals surface area (Å²) in [7, 11) is 3.31. The van der Waals surface area contributed by atoms with Crippen molar-refractivity contribution in [3.63, 3.8) is 0 Å². The van der Waals surface area contributed by atoms with Crippen LogP contribution in [0.15, 0.2) is 36.4 Å². The zero-order valence-electron chi connectivity index (χ0n) is 16.6. The summed E-state index contributed by atoms with van der Waals surface area (Å²) < 4.78 is 25.2. The third kappa shape index (κ3) is 5.84. The molecule has 0 fully saturated rings. The zero-order valence-corrected chi connectivity index (χ0v) is 17.3. The topological polar surface area (TPSA) is 50.8 Å². The molecule has 0 spiro atoms. The van der Waals surface area contributed by atoms with Crippen LogP contribution in [-0.4, -0.2) is 38.1 Å². The van der Waals surface area contributed by atoms with Crippen molar-refractivity contribution < 1.29 is 18.7 Å². The minimum absolute atomic E-state index is 0.130. The van der Waals surface area contributed by atoms with Gasteiger partial charge in [-0.3, -0.25) is 4.79 Å². The summed E-state index contributed by atoms with van der Waals surface area (Å²) in [6, 6.07) is 10.1. The fourth-order valence-corrected chi connectivity index (χ4v) is 2.88. The number of hydrogen-bond donors (Lipinski definition) is 1. The Labute approximate surface area is 170 Å². The van der Waals surface area contributed by atoms with Crippen LogP contribution in [0.4, 0.5) is 4.39 Å². The van der Waals surface area contributed by atoms with Crippen molar-refractivity contribution in [3.8, 4) is 11.5 Å². The molecule has 0 aliphatic carbocycles. The lowest BCUT2D eigenvalue weighted by atomic mass is 10.1. The van der Waals surface area contributed by atoms with Crippen LogP contribution >= 0.6 is 11.6 Å². The summed E-state index contributed by atoms with van der Waals surface area (Å²) >= 11 is 6.37. The van der Waals surface area contributed by atoms with Gasteiger partial charge in [-0.15, -0.1) is 0 Å². The van der Waals surface area contributed by atoms with Gasteiger partial charge >= 0.3 is 0 Å². The van der Waals surface area contributed by atoms with Crippen LogP contribution in [0.5, 0.6) is 11.5 Å². The van der Waals surface area contributed by atoms with E-state index in [1.165, 1.54) is 11.0 Å². The van der Waals surface area contributed by atoms with Crippen molar-refractivity contribution in [1.29, 1.82) is 0 Å². The smallest absolute Gasteiger partial charge is 0.259 e. The molecule has 0 heterocycles. The lowest BCUT2D eigenvalue weighted by Gasteiger charge is -2.18. The fourth-order valence-electron chi connectivity index (χ4n) is 2.60. The Kier molecular flexibility index (Phi) is 8.08. The van der Waals surface area contributed by atoms with E-state index in [4.69, 9.17) is 21.1 Å². The minimum Gasteiger partial charge on any atom is -0.490 e. The summed E-state index contributed by atoms with van der Waals surface area (Å²) in [5.41, 5.74) is 1.46. The second kappa shape index (κ2) is 10.3. The number of carbonyl (C=O) groups is 1. The van der Waals surface area contributed by atoms with Gasteiger partial charge in [0.2, 0.25) is 0 Å². The quantitative estimate of drug-likeness (QED) is 0.675. The van der Waals surface area contributed by atoms with Gasteiger partial charge in [-0.2, -0.15) is 0 Å². The number of benzene rings is 2. The molecular formula is C21H26ClFN2O3. The zero-order chi connectivity index (χ0) is 20.7. The van der Waals surface area contributed by atoms with Crippen molar-refractivity contribution >= 4 is 17.5 Å². The molecule has 0 saturated carbocycles. The molecule has 0 saturated heterocycles. The Balaban J connectivity index is 2.13. The number of ether oxygens (including phenoxy) is 2. The molecule has 5 nitrogen and oxygen atoms in total. The Bertz CT molecular complexity index is 814. The SMILES string of the molecule is CCOc1cc(CNC(C)c2ccccc2F)cc(Cl)c1OCC(=O)N(C)C. The van der Waals surface area contributed by atoms with Crippen LogP contribution in [0.2, 0.25) is 5.02 Å². The first kappa shape index (κ1) is 22.0. The normalized spacial score (nSPS) is 11.8. The van der Waals surface area contributed by atoms with E-state index >= 15 is 0 Å². The van der Waals surface area contributed by atoms with E-state index in [-0.39, 0.29) is 24.4 Å². The highest BCUT2D eigenvalue weighted by molar-refractivity contribution is 6.32. The summed E-state index contributed by atoms with van der Waals surface area (Å²) in [6.45, 7) is 4.51. The number of amides is 1. The molecule has 2 aromatic rings. The van der Waals surface area contributed by atoms with Gasteiger partial charge in [0.25, 0.3) is 5.91 Å². The van der Waals surface area contributed by atoms with Crippen LogP contribution in [0.1, 0.15) is 31.0 Å². The third-order valence-corrected chi connectivity index (χ3v) is 4.47. The molecule has 1 unspecified atom stereocenters. The Morgan fingerprint density at radius 2 is 1.96 bits per heavy atom. The first-order chi connectivity index (χ1) is 13.3. The van der Waals surface area contributed by atoms with Gasteiger partial charge in [0, 0.05) is 32.2 Å². The maximum absolute atomic E-state index is 13.9. The van der Waals surface area contributed by atoms with Crippen LogP contribution in [-0.2, 0) is 11.3 Å². The molecular weight excluding hydrogens is 383 g/mol. The van der Waals surface area contributed by atoms with E-state index in [1.807, 2.05) is 26.0 Å². The molecule has 0 aliphatic rings. The van der Waals surface area contributed by atoms with Crippen LogP contribution in [0.25, 0.3) is 0 Å². The van der Waals surface area contributed by atoms with Gasteiger partial charge in [-0.1, -0.05) is 29.8 Å². The first-order valence-corrected chi connectivity index (χ1v) is 9.47. The Morgan fingerprint density at radius 1 is 1.25 bits per heavy atom. The number of hydrogen-bond acceptors (Lipinski definition) is 4. The van der Waals surface area contributed by atoms with Crippen LogP contribution in [0.3, 0.4) is 0 Å². The second-order valence-electron chi connectivity index (χ2n) is 6.54. The van der Waals surface area contributed by atoms with Crippen molar-refractivity contribution in [1.82, 2.24) is 10.2 Å². The molecule has 1 amide bonds. The average Bonchev–Trinajstić information content (AvgIpc) is 2.65. The molecule has 7 heteroatoms. The van der Waals surface area contributed by atoms with E-state index in [0.717, 1.165) is 5.56 Å². The summed E-state index contributed by atoms with van der Waals surface area (Å²) in [5, 5.41) is 3.64. The third-order valence-electron chi connectivity index (χ3n) is 4.19. The molecule has 152 valence electrons. The van der Waals surface area contributed by atoms with Gasteiger partial charge < -0.3 is 19.7 Å². The molecule has 2 rings (SSSR count). The van der Waals surface area contributed by atoms with Crippen LogP contribution < -0.4 is 14.8 Å². The van der Waals surface area contributed by atoms with Gasteiger partial charge in [-0.05, 0) is 37.6 Å². The van der Waals surface area contributed by atoms with Gasteiger partial charge in [0.1, 0.15) is 5.82 Å². The second-order valence-corrected chi connectivity index (χ2v) is 6.95. The van der Waals surface area contributed by atoms with Crippen LogP contribution in [0, 0.1) is 5.82 Å². The van der Waals surface area contributed by atoms with E-state index < -0.39 is 0 Å². The number of likely N-dealkylation sites (N-methyl/N-ethyl adjacent to an activating group) is 1. The number of rotatable bonds is 9. The van der Waals surface area contributed by atoms with Crippen molar-refractivity contribution in [2.45, 2.75) is 26.4 Å². The van der Waals surface area contributed by atoms with Gasteiger partial charge in [0.15, 0.2) is 18.1 Å². The van der Waals surface area contributed by atoms with E-state index in [2.05, 4.69) is 5.32 Å². The Hall–Kier alpha value is -2.31. The molecule has 0 aromatic heterocycles.